The maximum Gasteiger partial charge on any atom is 0.266 e. The summed E-state index contributed by atoms with van der Waals surface area (Å²) in [4.78, 5) is 27.0. The van der Waals surface area contributed by atoms with E-state index in [9.17, 15) is 9.59 Å². The number of hydrogen-bond acceptors (Lipinski definition) is 5. The number of para-hydroxylation sites is 1. The average molecular weight is 434 g/mol. The maximum absolute atomic E-state index is 12.8. The van der Waals surface area contributed by atoms with E-state index in [-0.39, 0.29) is 11.5 Å². The molecule has 7 nitrogen and oxygen atoms in total. The average Bonchev–Trinajstić information content (AvgIpc) is 2.84. The summed E-state index contributed by atoms with van der Waals surface area (Å²) in [6.45, 7) is 1.12. The molecule has 0 aliphatic carbocycles. The van der Waals surface area contributed by atoms with Crippen LogP contribution in [0.2, 0.25) is 0 Å². The van der Waals surface area contributed by atoms with Crippen LogP contribution in [-0.4, -0.2) is 36.5 Å². The second kappa shape index (κ2) is 9.68. The number of nitrogens with zero attached hydrogens (tertiary/aromatic N) is 3. The molecule has 0 spiro atoms. The van der Waals surface area contributed by atoms with E-state index in [2.05, 4.69) is 11.2 Å². The first-order chi connectivity index (χ1) is 15.6. The molecule has 0 fully saturated rings. The number of benzene rings is 2. The van der Waals surface area contributed by atoms with Crippen LogP contribution in [-0.2, 0) is 17.8 Å². The highest BCUT2D eigenvalue weighted by molar-refractivity contribution is 5.94. The Morgan fingerprint density at radius 3 is 2.66 bits per heavy atom. The number of carbonyl (C=O) groups is 1. The summed E-state index contributed by atoms with van der Waals surface area (Å²) in [5.41, 5.74) is 3.51. The fraction of sp³-hybridized carbons (Fsp3) is 0.320. The number of aryl methyl sites for hydroxylation is 2. The normalized spacial score (nSPS) is 12.9. The molecule has 4 rings (SSSR count). The largest absolute Gasteiger partial charge is 0.493 e. The quantitative estimate of drug-likeness (QED) is 0.568. The van der Waals surface area contributed by atoms with E-state index < -0.39 is 0 Å². The Morgan fingerprint density at radius 1 is 1.03 bits per heavy atom. The van der Waals surface area contributed by atoms with Crippen LogP contribution in [0.1, 0.15) is 24.8 Å². The molecule has 0 atom stereocenters. The number of amides is 1. The van der Waals surface area contributed by atoms with Crippen LogP contribution in [0.5, 0.6) is 11.5 Å². The van der Waals surface area contributed by atoms with Gasteiger partial charge in [0, 0.05) is 36.8 Å². The molecule has 32 heavy (non-hydrogen) atoms. The minimum absolute atomic E-state index is 0.0845. The fourth-order valence-corrected chi connectivity index (χ4v) is 4.07. The Kier molecular flexibility index (Phi) is 6.54. The van der Waals surface area contributed by atoms with E-state index in [1.54, 1.807) is 26.4 Å². The van der Waals surface area contributed by atoms with Gasteiger partial charge in [-0.05, 0) is 55.2 Å². The second-order valence-corrected chi connectivity index (χ2v) is 7.73. The van der Waals surface area contributed by atoms with Gasteiger partial charge in [-0.25, -0.2) is 4.68 Å². The predicted octanol–water partition coefficient (Wildman–Crippen LogP) is 3.69. The molecule has 0 unspecified atom stereocenters. The van der Waals surface area contributed by atoms with Gasteiger partial charge < -0.3 is 14.4 Å². The minimum Gasteiger partial charge on any atom is -0.493 e. The molecular formula is C25H27N3O4. The van der Waals surface area contributed by atoms with Gasteiger partial charge >= 0.3 is 0 Å². The van der Waals surface area contributed by atoms with Crippen LogP contribution in [0.15, 0.2) is 59.4 Å². The first-order valence-electron chi connectivity index (χ1n) is 10.8. The summed E-state index contributed by atoms with van der Waals surface area (Å²) in [6, 6.07) is 16.8. The molecule has 1 aromatic heterocycles. The molecule has 1 aliphatic rings. The molecule has 1 amide bonds. The standard InChI is InChI=1S/C25H27N3O4/c1-31-22-13-11-19(17-23(22)32-2)20-12-14-25(30)28(26-20)16-6-10-24(29)27-15-5-8-18-7-3-4-9-21(18)27/h3-4,7,9,11-14,17H,5-6,8,10,15-16H2,1-2H3. The number of anilines is 1. The molecule has 0 radical (unpaired) electrons. The number of ether oxygens (including phenoxy) is 2. The third-order valence-electron chi connectivity index (χ3n) is 5.72. The van der Waals surface area contributed by atoms with Crippen LogP contribution >= 0.6 is 0 Å². The lowest BCUT2D eigenvalue weighted by Gasteiger charge is -2.29. The summed E-state index contributed by atoms with van der Waals surface area (Å²) in [6.07, 6.45) is 2.88. The van der Waals surface area contributed by atoms with Crippen molar-refractivity contribution in [3.8, 4) is 22.8 Å². The smallest absolute Gasteiger partial charge is 0.266 e. The first-order valence-corrected chi connectivity index (χ1v) is 10.8. The summed E-state index contributed by atoms with van der Waals surface area (Å²) in [5, 5.41) is 4.50. The van der Waals surface area contributed by atoms with Gasteiger partial charge in [0.05, 0.1) is 19.9 Å². The monoisotopic (exact) mass is 433 g/mol. The van der Waals surface area contributed by atoms with Crippen molar-refractivity contribution in [2.45, 2.75) is 32.2 Å². The van der Waals surface area contributed by atoms with Crippen LogP contribution in [0.25, 0.3) is 11.3 Å². The molecule has 0 N–H and O–H groups in total. The third kappa shape index (κ3) is 4.51. The van der Waals surface area contributed by atoms with Gasteiger partial charge in [0.25, 0.3) is 5.56 Å². The highest BCUT2D eigenvalue weighted by Gasteiger charge is 2.21. The molecular weight excluding hydrogens is 406 g/mol. The zero-order valence-corrected chi connectivity index (χ0v) is 18.4. The summed E-state index contributed by atoms with van der Waals surface area (Å²) in [7, 11) is 3.16. The van der Waals surface area contributed by atoms with Gasteiger partial charge in [0.2, 0.25) is 5.91 Å². The van der Waals surface area contributed by atoms with Crippen molar-refractivity contribution in [3.63, 3.8) is 0 Å². The fourth-order valence-electron chi connectivity index (χ4n) is 4.07. The van der Waals surface area contributed by atoms with Crippen LogP contribution < -0.4 is 19.9 Å². The van der Waals surface area contributed by atoms with E-state index >= 15 is 0 Å². The van der Waals surface area contributed by atoms with Crippen molar-refractivity contribution in [1.29, 1.82) is 0 Å². The topological polar surface area (TPSA) is 73.7 Å². The minimum atomic E-state index is -0.190. The Labute approximate surface area is 187 Å². The Hall–Kier alpha value is -3.61. The molecule has 0 saturated heterocycles. The van der Waals surface area contributed by atoms with E-state index in [1.165, 1.54) is 16.3 Å². The van der Waals surface area contributed by atoms with Crippen molar-refractivity contribution in [1.82, 2.24) is 9.78 Å². The number of fused-ring (bicyclic) bond motifs is 1. The van der Waals surface area contributed by atoms with Gasteiger partial charge in [0.1, 0.15) is 0 Å². The van der Waals surface area contributed by atoms with Crippen LogP contribution in [0.4, 0.5) is 5.69 Å². The maximum atomic E-state index is 12.8. The molecule has 0 saturated carbocycles. The lowest BCUT2D eigenvalue weighted by Crippen LogP contribution is -2.35. The van der Waals surface area contributed by atoms with Gasteiger partial charge in [-0.1, -0.05) is 18.2 Å². The van der Waals surface area contributed by atoms with Crippen molar-refractivity contribution < 1.29 is 14.3 Å². The van der Waals surface area contributed by atoms with Crippen LogP contribution in [0.3, 0.4) is 0 Å². The lowest BCUT2D eigenvalue weighted by atomic mass is 10.0. The summed E-state index contributed by atoms with van der Waals surface area (Å²) < 4.78 is 12.1. The predicted molar refractivity (Wildman–Crippen MR) is 123 cm³/mol. The van der Waals surface area contributed by atoms with Crippen molar-refractivity contribution in [2.75, 3.05) is 25.7 Å². The van der Waals surface area contributed by atoms with E-state index in [4.69, 9.17) is 9.47 Å². The van der Waals surface area contributed by atoms with E-state index in [1.807, 2.05) is 35.2 Å². The molecule has 0 bridgehead atoms. The number of rotatable bonds is 7. The van der Waals surface area contributed by atoms with Gasteiger partial charge in [-0.15, -0.1) is 0 Å². The zero-order valence-electron chi connectivity index (χ0n) is 18.4. The molecule has 166 valence electrons. The van der Waals surface area contributed by atoms with Gasteiger partial charge in [0.15, 0.2) is 11.5 Å². The van der Waals surface area contributed by atoms with Crippen molar-refractivity contribution in [2.24, 2.45) is 0 Å². The Morgan fingerprint density at radius 2 is 1.84 bits per heavy atom. The summed E-state index contributed by atoms with van der Waals surface area (Å²) >= 11 is 0. The molecule has 2 heterocycles. The third-order valence-corrected chi connectivity index (χ3v) is 5.72. The van der Waals surface area contributed by atoms with E-state index in [0.717, 1.165) is 30.6 Å². The van der Waals surface area contributed by atoms with Crippen LogP contribution in [0, 0.1) is 0 Å². The highest BCUT2D eigenvalue weighted by atomic mass is 16.5. The SMILES string of the molecule is COc1ccc(-c2ccc(=O)n(CCCC(=O)N3CCCc4ccccc43)n2)cc1OC. The highest BCUT2D eigenvalue weighted by Crippen LogP contribution is 2.31. The Bertz CT molecular complexity index is 1170. The van der Waals surface area contributed by atoms with Crippen molar-refractivity contribution in [3.05, 3.63) is 70.5 Å². The van der Waals surface area contributed by atoms with E-state index in [0.29, 0.717) is 36.6 Å². The zero-order chi connectivity index (χ0) is 22.5. The molecule has 1 aliphatic heterocycles. The molecule has 3 aromatic rings. The molecule has 2 aromatic carbocycles. The number of aromatic nitrogens is 2. The molecule has 7 heteroatoms. The first kappa shape index (κ1) is 21.6. The van der Waals surface area contributed by atoms with Gasteiger partial charge in [-0.2, -0.15) is 5.10 Å². The lowest BCUT2D eigenvalue weighted by molar-refractivity contribution is -0.118. The Balaban J connectivity index is 1.45. The van der Waals surface area contributed by atoms with Gasteiger partial charge in [-0.3, -0.25) is 9.59 Å². The summed E-state index contributed by atoms with van der Waals surface area (Å²) in [5.74, 6) is 1.31. The van der Waals surface area contributed by atoms with Crippen molar-refractivity contribution >= 4 is 11.6 Å². The number of carbonyl (C=O) groups excluding carboxylic acids is 1. The second-order valence-electron chi connectivity index (χ2n) is 7.73. The number of methoxy groups -OCH3 is 2. The number of hydrogen-bond donors (Lipinski definition) is 0.